The van der Waals surface area contributed by atoms with E-state index in [9.17, 15) is 17.6 Å². The van der Waals surface area contributed by atoms with Crippen molar-refractivity contribution in [3.05, 3.63) is 52.6 Å². The molecule has 2 rings (SSSR count). The van der Waals surface area contributed by atoms with Crippen molar-refractivity contribution in [2.75, 3.05) is 0 Å². The van der Waals surface area contributed by atoms with Gasteiger partial charge in [0.2, 0.25) is 0 Å². The Morgan fingerprint density at radius 1 is 1.24 bits per heavy atom. The Bertz CT molecular complexity index is 632. The first-order chi connectivity index (χ1) is 9.79. The van der Waals surface area contributed by atoms with Gasteiger partial charge in [0.25, 0.3) is 0 Å². The Morgan fingerprint density at radius 3 is 2.52 bits per heavy atom. The highest BCUT2D eigenvalue weighted by molar-refractivity contribution is 5.27. The van der Waals surface area contributed by atoms with Crippen molar-refractivity contribution in [3.8, 4) is 0 Å². The number of alkyl halides is 3. The van der Waals surface area contributed by atoms with E-state index in [0.29, 0.717) is 12.1 Å². The molecule has 0 atom stereocenters. The number of hydrogen-bond acceptors (Lipinski definition) is 2. The number of nitrogens with zero attached hydrogens (tertiary/aromatic N) is 2. The number of aryl methyl sites for hydroxylation is 1. The van der Waals surface area contributed by atoms with Gasteiger partial charge in [-0.05, 0) is 24.6 Å². The Hall–Kier alpha value is -1.89. The molecular formula is C14H15F4N3. The molecule has 0 saturated heterocycles. The summed E-state index contributed by atoms with van der Waals surface area (Å²) in [5, 5.41) is 7.11. The SMILES string of the molecule is Cc1c(CNCc2ccc(F)c(C(F)(F)F)c2)cnn1C. The fourth-order valence-corrected chi connectivity index (χ4v) is 1.96. The quantitative estimate of drug-likeness (QED) is 0.879. The molecule has 0 aliphatic rings. The summed E-state index contributed by atoms with van der Waals surface area (Å²) in [4.78, 5) is 0. The van der Waals surface area contributed by atoms with Crippen LogP contribution in [0.3, 0.4) is 0 Å². The average molecular weight is 301 g/mol. The first kappa shape index (κ1) is 15.5. The van der Waals surface area contributed by atoms with E-state index in [2.05, 4.69) is 10.4 Å². The van der Waals surface area contributed by atoms with Crippen molar-refractivity contribution in [3.63, 3.8) is 0 Å². The van der Waals surface area contributed by atoms with Crippen LogP contribution in [0.25, 0.3) is 0 Å². The third kappa shape index (κ3) is 3.60. The molecule has 3 nitrogen and oxygen atoms in total. The molecular weight excluding hydrogens is 286 g/mol. The summed E-state index contributed by atoms with van der Waals surface area (Å²) in [6.07, 6.45) is -2.98. The van der Waals surface area contributed by atoms with Gasteiger partial charge in [-0.15, -0.1) is 0 Å². The largest absolute Gasteiger partial charge is 0.419 e. The van der Waals surface area contributed by atoms with Gasteiger partial charge in [-0.1, -0.05) is 6.07 Å². The van der Waals surface area contributed by atoms with Crippen molar-refractivity contribution < 1.29 is 17.6 Å². The van der Waals surface area contributed by atoms with E-state index >= 15 is 0 Å². The average Bonchev–Trinajstić information content (AvgIpc) is 2.71. The van der Waals surface area contributed by atoms with Crippen molar-refractivity contribution in [1.82, 2.24) is 15.1 Å². The van der Waals surface area contributed by atoms with E-state index in [-0.39, 0.29) is 6.54 Å². The summed E-state index contributed by atoms with van der Waals surface area (Å²) in [7, 11) is 1.81. The predicted octanol–water partition coefficient (Wildman–Crippen LogP) is 3.18. The summed E-state index contributed by atoms with van der Waals surface area (Å²) in [5.74, 6) is -1.26. The van der Waals surface area contributed by atoms with Crippen LogP contribution < -0.4 is 5.32 Å². The smallest absolute Gasteiger partial charge is 0.308 e. The van der Waals surface area contributed by atoms with Crippen LogP contribution >= 0.6 is 0 Å². The van der Waals surface area contributed by atoms with E-state index in [4.69, 9.17) is 0 Å². The number of nitrogens with one attached hydrogen (secondary N) is 1. The second kappa shape index (κ2) is 5.85. The molecule has 1 N–H and O–H groups in total. The van der Waals surface area contributed by atoms with E-state index < -0.39 is 17.6 Å². The van der Waals surface area contributed by atoms with Gasteiger partial charge >= 0.3 is 6.18 Å². The van der Waals surface area contributed by atoms with Crippen molar-refractivity contribution in [2.24, 2.45) is 7.05 Å². The highest BCUT2D eigenvalue weighted by Crippen LogP contribution is 2.31. The topological polar surface area (TPSA) is 29.9 Å². The number of benzene rings is 1. The second-order valence-electron chi connectivity index (χ2n) is 4.79. The molecule has 114 valence electrons. The lowest BCUT2D eigenvalue weighted by Crippen LogP contribution is -2.15. The molecule has 7 heteroatoms. The van der Waals surface area contributed by atoms with Gasteiger partial charge in [0.15, 0.2) is 0 Å². The summed E-state index contributed by atoms with van der Waals surface area (Å²) < 4.78 is 52.7. The zero-order chi connectivity index (χ0) is 15.6. The van der Waals surface area contributed by atoms with Crippen LogP contribution in [-0.4, -0.2) is 9.78 Å². The standard InChI is InChI=1S/C14H15F4N3/c1-9-11(8-20-21(9)2)7-19-6-10-3-4-13(15)12(5-10)14(16,17)18/h3-5,8,19H,6-7H2,1-2H3. The van der Waals surface area contributed by atoms with Crippen molar-refractivity contribution in [1.29, 1.82) is 0 Å². The van der Waals surface area contributed by atoms with Crippen LogP contribution in [-0.2, 0) is 26.3 Å². The zero-order valence-corrected chi connectivity index (χ0v) is 11.6. The van der Waals surface area contributed by atoms with Crippen LogP contribution in [0.4, 0.5) is 17.6 Å². The number of hydrogen-bond donors (Lipinski definition) is 1. The van der Waals surface area contributed by atoms with Crippen LogP contribution in [0.2, 0.25) is 0 Å². The normalized spacial score (nSPS) is 11.9. The molecule has 0 saturated carbocycles. The fraction of sp³-hybridized carbons (Fsp3) is 0.357. The number of halogens is 4. The monoisotopic (exact) mass is 301 g/mol. The maximum atomic E-state index is 13.2. The minimum absolute atomic E-state index is 0.220. The predicted molar refractivity (Wildman–Crippen MR) is 69.9 cm³/mol. The molecule has 1 heterocycles. The number of aromatic nitrogens is 2. The molecule has 21 heavy (non-hydrogen) atoms. The van der Waals surface area contributed by atoms with Crippen molar-refractivity contribution in [2.45, 2.75) is 26.2 Å². The van der Waals surface area contributed by atoms with E-state index in [1.54, 1.807) is 10.9 Å². The lowest BCUT2D eigenvalue weighted by atomic mass is 10.1. The van der Waals surface area contributed by atoms with Gasteiger partial charge in [-0.2, -0.15) is 18.3 Å². The van der Waals surface area contributed by atoms with Crippen LogP contribution in [0.15, 0.2) is 24.4 Å². The molecule has 0 spiro atoms. The van der Waals surface area contributed by atoms with Gasteiger partial charge in [-0.3, -0.25) is 4.68 Å². The molecule has 0 fully saturated rings. The van der Waals surface area contributed by atoms with E-state index in [1.807, 2.05) is 14.0 Å². The first-order valence-corrected chi connectivity index (χ1v) is 6.33. The highest BCUT2D eigenvalue weighted by Gasteiger charge is 2.34. The molecule has 0 aliphatic carbocycles. The summed E-state index contributed by atoms with van der Waals surface area (Å²) in [6, 6.07) is 3.02. The molecule has 1 aromatic heterocycles. The number of rotatable bonds is 4. The molecule has 2 aromatic rings. The van der Waals surface area contributed by atoms with Gasteiger partial charge in [-0.25, -0.2) is 4.39 Å². The van der Waals surface area contributed by atoms with Crippen LogP contribution in [0.1, 0.15) is 22.4 Å². The molecule has 0 amide bonds. The maximum absolute atomic E-state index is 13.2. The summed E-state index contributed by atoms with van der Waals surface area (Å²) >= 11 is 0. The van der Waals surface area contributed by atoms with Gasteiger partial charge < -0.3 is 5.32 Å². The lowest BCUT2D eigenvalue weighted by Gasteiger charge is -2.10. The van der Waals surface area contributed by atoms with Crippen LogP contribution in [0, 0.1) is 12.7 Å². The fourth-order valence-electron chi connectivity index (χ4n) is 1.96. The lowest BCUT2D eigenvalue weighted by molar-refractivity contribution is -0.140. The zero-order valence-electron chi connectivity index (χ0n) is 11.6. The second-order valence-corrected chi connectivity index (χ2v) is 4.79. The minimum atomic E-state index is -4.68. The van der Waals surface area contributed by atoms with E-state index in [0.717, 1.165) is 23.4 Å². The molecule has 0 aliphatic heterocycles. The van der Waals surface area contributed by atoms with Gasteiger partial charge in [0.05, 0.1) is 11.8 Å². The Balaban J connectivity index is 2.02. The van der Waals surface area contributed by atoms with E-state index in [1.165, 1.54) is 6.07 Å². The maximum Gasteiger partial charge on any atom is 0.419 e. The third-order valence-corrected chi connectivity index (χ3v) is 3.32. The molecule has 1 aromatic carbocycles. The molecule has 0 unspecified atom stereocenters. The minimum Gasteiger partial charge on any atom is -0.308 e. The highest BCUT2D eigenvalue weighted by atomic mass is 19.4. The third-order valence-electron chi connectivity index (χ3n) is 3.32. The van der Waals surface area contributed by atoms with Gasteiger partial charge in [0.1, 0.15) is 5.82 Å². The Morgan fingerprint density at radius 2 is 1.95 bits per heavy atom. The first-order valence-electron chi connectivity index (χ1n) is 6.33. The molecule has 0 radical (unpaired) electrons. The van der Waals surface area contributed by atoms with Crippen LogP contribution in [0.5, 0.6) is 0 Å². The molecule has 0 bridgehead atoms. The van der Waals surface area contributed by atoms with Crippen molar-refractivity contribution >= 4 is 0 Å². The Kier molecular flexibility index (Phi) is 4.32. The summed E-state index contributed by atoms with van der Waals surface area (Å²) in [6.45, 7) is 2.61. The summed E-state index contributed by atoms with van der Waals surface area (Å²) in [5.41, 5.74) is 1.10. The van der Waals surface area contributed by atoms with Gasteiger partial charge in [0, 0.05) is 31.4 Å². The Labute approximate surface area is 119 Å².